The van der Waals surface area contributed by atoms with Crippen LogP contribution >= 0.6 is 11.6 Å². The number of urea groups is 1. The molecule has 0 spiro atoms. The largest absolute Gasteiger partial charge is 0.398 e. The normalized spacial score (nSPS) is 16.4. The molecule has 4 rings (SSSR count). The van der Waals surface area contributed by atoms with E-state index < -0.39 is 0 Å². The van der Waals surface area contributed by atoms with Gasteiger partial charge in [-0.05, 0) is 48.7 Å². The van der Waals surface area contributed by atoms with Crippen molar-refractivity contribution in [2.45, 2.75) is 12.8 Å². The molecule has 0 atom stereocenters. The van der Waals surface area contributed by atoms with Crippen molar-refractivity contribution in [1.82, 2.24) is 5.32 Å². The molecule has 0 bridgehead atoms. The predicted molar refractivity (Wildman–Crippen MR) is 103 cm³/mol. The summed E-state index contributed by atoms with van der Waals surface area (Å²) in [4.78, 5) is 28.5. The molecule has 0 saturated carbocycles. The maximum absolute atomic E-state index is 13.2. The average Bonchev–Trinajstić information content (AvgIpc) is 3.07. The monoisotopic (exact) mass is 370 g/mol. The number of nitrogens with two attached hydrogens (primary N) is 1. The third-order valence-corrected chi connectivity index (χ3v) is 5.21. The number of nitrogen functional groups attached to an aromatic ring is 1. The SMILES string of the molecule is Nc1cccc2c1CCCN2C(=O)c1cc(N2CCNC2=O)ccc1Cl. The molecule has 2 aromatic carbocycles. The van der Waals surface area contributed by atoms with Crippen LogP contribution in [0.15, 0.2) is 36.4 Å². The average molecular weight is 371 g/mol. The van der Waals surface area contributed by atoms with Gasteiger partial charge in [-0.3, -0.25) is 9.69 Å². The maximum atomic E-state index is 13.2. The summed E-state index contributed by atoms with van der Waals surface area (Å²) in [6, 6.07) is 10.6. The van der Waals surface area contributed by atoms with Crippen LogP contribution in [-0.4, -0.2) is 31.6 Å². The first-order valence-electron chi connectivity index (χ1n) is 8.60. The van der Waals surface area contributed by atoms with E-state index in [0.29, 0.717) is 41.6 Å². The van der Waals surface area contributed by atoms with Gasteiger partial charge in [-0.2, -0.15) is 0 Å². The Labute approximate surface area is 156 Å². The Morgan fingerprint density at radius 3 is 2.81 bits per heavy atom. The summed E-state index contributed by atoms with van der Waals surface area (Å²) in [7, 11) is 0. The first-order chi connectivity index (χ1) is 12.6. The van der Waals surface area contributed by atoms with E-state index in [2.05, 4.69) is 5.32 Å². The summed E-state index contributed by atoms with van der Waals surface area (Å²) in [5.74, 6) is -0.178. The van der Waals surface area contributed by atoms with Crippen molar-refractivity contribution >= 4 is 40.6 Å². The van der Waals surface area contributed by atoms with E-state index in [1.54, 1.807) is 28.0 Å². The minimum Gasteiger partial charge on any atom is -0.398 e. The fourth-order valence-corrected chi connectivity index (χ4v) is 3.77. The Kier molecular flexibility index (Phi) is 4.20. The van der Waals surface area contributed by atoms with Crippen molar-refractivity contribution in [3.63, 3.8) is 0 Å². The van der Waals surface area contributed by atoms with E-state index >= 15 is 0 Å². The Morgan fingerprint density at radius 2 is 2.04 bits per heavy atom. The van der Waals surface area contributed by atoms with E-state index in [-0.39, 0.29) is 11.9 Å². The molecule has 2 aliphatic heterocycles. The molecule has 26 heavy (non-hydrogen) atoms. The lowest BCUT2D eigenvalue weighted by molar-refractivity contribution is 0.0985. The van der Waals surface area contributed by atoms with Crippen LogP contribution in [0.4, 0.5) is 21.9 Å². The topological polar surface area (TPSA) is 78.7 Å². The van der Waals surface area contributed by atoms with Crippen molar-refractivity contribution in [2.75, 3.05) is 35.2 Å². The second kappa shape index (κ2) is 6.53. The van der Waals surface area contributed by atoms with Gasteiger partial charge in [0.25, 0.3) is 5.91 Å². The molecule has 2 heterocycles. The molecule has 6 nitrogen and oxygen atoms in total. The lowest BCUT2D eigenvalue weighted by Crippen LogP contribution is -2.36. The van der Waals surface area contributed by atoms with Crippen LogP contribution in [0.1, 0.15) is 22.3 Å². The van der Waals surface area contributed by atoms with E-state index in [0.717, 1.165) is 24.1 Å². The van der Waals surface area contributed by atoms with Crippen LogP contribution in [0.25, 0.3) is 0 Å². The lowest BCUT2D eigenvalue weighted by Gasteiger charge is -2.30. The Bertz CT molecular complexity index is 899. The van der Waals surface area contributed by atoms with Gasteiger partial charge in [-0.15, -0.1) is 0 Å². The Hall–Kier alpha value is -2.73. The standard InChI is InChI=1S/C19H19ClN4O2/c20-15-7-6-12(23-10-8-22-19(23)26)11-14(15)18(25)24-9-2-3-13-16(21)4-1-5-17(13)24/h1,4-7,11H,2-3,8-10,21H2,(H,22,26). The number of rotatable bonds is 2. The molecule has 1 saturated heterocycles. The number of fused-ring (bicyclic) bond motifs is 1. The molecule has 7 heteroatoms. The van der Waals surface area contributed by atoms with Gasteiger partial charge in [-0.1, -0.05) is 17.7 Å². The summed E-state index contributed by atoms with van der Waals surface area (Å²) >= 11 is 6.32. The van der Waals surface area contributed by atoms with Crippen LogP contribution in [0.3, 0.4) is 0 Å². The molecular formula is C19H19ClN4O2. The third kappa shape index (κ3) is 2.76. The van der Waals surface area contributed by atoms with Crippen molar-refractivity contribution in [1.29, 1.82) is 0 Å². The van der Waals surface area contributed by atoms with Crippen molar-refractivity contribution < 1.29 is 9.59 Å². The van der Waals surface area contributed by atoms with Crippen molar-refractivity contribution in [2.24, 2.45) is 0 Å². The second-order valence-electron chi connectivity index (χ2n) is 6.45. The van der Waals surface area contributed by atoms with Gasteiger partial charge >= 0.3 is 6.03 Å². The summed E-state index contributed by atoms with van der Waals surface area (Å²) in [6.45, 7) is 1.76. The number of benzene rings is 2. The summed E-state index contributed by atoms with van der Waals surface area (Å²) in [5, 5.41) is 3.13. The molecule has 1 fully saturated rings. The first kappa shape index (κ1) is 16.7. The number of carbonyl (C=O) groups is 2. The fourth-order valence-electron chi connectivity index (χ4n) is 3.57. The van der Waals surface area contributed by atoms with Crippen LogP contribution in [0.2, 0.25) is 5.02 Å². The van der Waals surface area contributed by atoms with Gasteiger partial charge in [0.15, 0.2) is 0 Å². The summed E-state index contributed by atoms with van der Waals surface area (Å²) in [5.41, 5.74) is 9.67. The van der Waals surface area contributed by atoms with E-state index in [1.165, 1.54) is 0 Å². The van der Waals surface area contributed by atoms with Gasteiger partial charge in [0, 0.05) is 36.7 Å². The Morgan fingerprint density at radius 1 is 1.19 bits per heavy atom. The van der Waals surface area contributed by atoms with E-state index in [4.69, 9.17) is 17.3 Å². The van der Waals surface area contributed by atoms with E-state index in [1.807, 2.05) is 18.2 Å². The number of halogens is 1. The van der Waals surface area contributed by atoms with Crippen molar-refractivity contribution in [3.05, 3.63) is 52.5 Å². The number of amides is 3. The number of anilines is 3. The van der Waals surface area contributed by atoms with Crippen molar-refractivity contribution in [3.8, 4) is 0 Å². The minimum absolute atomic E-state index is 0.165. The van der Waals surface area contributed by atoms with Gasteiger partial charge in [0.1, 0.15) is 0 Å². The second-order valence-corrected chi connectivity index (χ2v) is 6.86. The highest BCUT2D eigenvalue weighted by Crippen LogP contribution is 2.34. The number of hydrogen-bond acceptors (Lipinski definition) is 3. The summed E-state index contributed by atoms with van der Waals surface area (Å²) < 4.78 is 0. The summed E-state index contributed by atoms with van der Waals surface area (Å²) in [6.07, 6.45) is 1.70. The molecule has 0 aromatic heterocycles. The van der Waals surface area contributed by atoms with Crippen LogP contribution in [0, 0.1) is 0 Å². The molecular weight excluding hydrogens is 352 g/mol. The van der Waals surface area contributed by atoms with Crippen LogP contribution < -0.4 is 20.9 Å². The van der Waals surface area contributed by atoms with E-state index in [9.17, 15) is 9.59 Å². The first-order valence-corrected chi connectivity index (χ1v) is 8.98. The number of carbonyl (C=O) groups excluding carboxylic acids is 2. The van der Waals surface area contributed by atoms with Gasteiger partial charge in [0.2, 0.25) is 0 Å². The zero-order valence-corrected chi connectivity index (χ0v) is 14.9. The Balaban J connectivity index is 1.71. The highest BCUT2D eigenvalue weighted by Gasteiger charge is 2.28. The van der Waals surface area contributed by atoms with Crippen LogP contribution in [0.5, 0.6) is 0 Å². The number of nitrogens with one attached hydrogen (secondary N) is 1. The number of nitrogens with zero attached hydrogens (tertiary/aromatic N) is 2. The molecule has 3 N–H and O–H groups in total. The predicted octanol–water partition coefficient (Wildman–Crippen LogP) is 3.04. The van der Waals surface area contributed by atoms with Gasteiger partial charge in [-0.25, -0.2) is 4.79 Å². The molecule has 2 aromatic rings. The molecule has 2 aliphatic rings. The molecule has 0 radical (unpaired) electrons. The smallest absolute Gasteiger partial charge is 0.321 e. The fraction of sp³-hybridized carbons (Fsp3) is 0.263. The number of hydrogen-bond donors (Lipinski definition) is 2. The molecule has 3 amide bonds. The van der Waals surface area contributed by atoms with Gasteiger partial charge in [0.05, 0.1) is 10.6 Å². The zero-order valence-electron chi connectivity index (χ0n) is 14.2. The molecule has 0 aliphatic carbocycles. The lowest BCUT2D eigenvalue weighted by atomic mass is 9.99. The highest BCUT2D eigenvalue weighted by atomic mass is 35.5. The van der Waals surface area contributed by atoms with Crippen LogP contribution in [-0.2, 0) is 6.42 Å². The highest BCUT2D eigenvalue weighted by molar-refractivity contribution is 6.34. The maximum Gasteiger partial charge on any atom is 0.321 e. The quantitative estimate of drug-likeness (QED) is 0.797. The zero-order chi connectivity index (χ0) is 18.3. The minimum atomic E-state index is -0.178. The van der Waals surface area contributed by atoms with Gasteiger partial charge < -0.3 is 16.0 Å². The molecule has 0 unspecified atom stereocenters. The third-order valence-electron chi connectivity index (χ3n) is 4.88. The molecule has 134 valence electrons.